The maximum absolute atomic E-state index is 11.3. The van der Waals surface area contributed by atoms with Gasteiger partial charge in [-0.2, -0.15) is 0 Å². The van der Waals surface area contributed by atoms with Crippen LogP contribution in [-0.2, 0) is 9.47 Å². The molecule has 2 rings (SSSR count). The Labute approximate surface area is 92.0 Å². The maximum Gasteiger partial charge on any atom is 0.337 e. The highest BCUT2D eigenvalue weighted by Crippen LogP contribution is 2.26. The monoisotopic (exact) mass is 225 g/mol. The van der Waals surface area contributed by atoms with Crippen molar-refractivity contribution in [2.75, 3.05) is 20.3 Å². The van der Waals surface area contributed by atoms with Crippen LogP contribution in [0.3, 0.4) is 0 Å². The second-order valence-electron chi connectivity index (χ2n) is 3.15. The molecule has 0 radical (unpaired) electrons. The molecule has 0 aromatic carbocycles. The zero-order valence-electron chi connectivity index (χ0n) is 8.30. The van der Waals surface area contributed by atoms with Gasteiger partial charge in [0.1, 0.15) is 0 Å². The molecule has 1 aromatic rings. The van der Waals surface area contributed by atoms with E-state index in [1.54, 1.807) is 30.1 Å². The first-order valence-corrected chi connectivity index (χ1v) is 5.46. The Morgan fingerprint density at radius 2 is 2.47 bits per heavy atom. The van der Waals surface area contributed by atoms with Crippen molar-refractivity contribution in [1.29, 1.82) is 0 Å². The number of carbonyl (C=O) groups is 1. The molecule has 0 atom stereocenters. The molecular weight excluding hydrogens is 214 g/mol. The minimum absolute atomic E-state index is 0.330. The lowest BCUT2D eigenvalue weighted by molar-refractivity contribution is 0.0454. The van der Waals surface area contributed by atoms with Crippen molar-refractivity contribution in [1.82, 2.24) is 4.98 Å². The van der Waals surface area contributed by atoms with E-state index in [1.165, 1.54) is 7.11 Å². The first kappa shape index (κ1) is 10.4. The van der Waals surface area contributed by atoms with E-state index < -0.39 is 0 Å². The van der Waals surface area contributed by atoms with Crippen LogP contribution in [0.4, 0.5) is 0 Å². The van der Waals surface area contributed by atoms with E-state index in [2.05, 4.69) is 9.72 Å². The number of pyridine rings is 1. The molecule has 2 heterocycles. The summed E-state index contributed by atoms with van der Waals surface area (Å²) in [5.41, 5.74) is 0.537. The predicted octanol–water partition coefficient (Wildman–Crippen LogP) is 1.36. The summed E-state index contributed by atoms with van der Waals surface area (Å²) < 4.78 is 9.70. The largest absolute Gasteiger partial charge is 0.465 e. The molecule has 0 N–H and O–H groups in total. The fourth-order valence-electron chi connectivity index (χ4n) is 1.17. The third kappa shape index (κ3) is 2.49. The van der Waals surface area contributed by atoms with E-state index in [1.807, 2.05) is 0 Å². The molecule has 1 aliphatic heterocycles. The number of carbonyl (C=O) groups excluding carboxylic acids is 1. The second kappa shape index (κ2) is 4.63. The summed E-state index contributed by atoms with van der Waals surface area (Å²) in [5, 5.41) is 1.30. The fourth-order valence-corrected chi connectivity index (χ4v) is 2.16. The van der Waals surface area contributed by atoms with Gasteiger partial charge >= 0.3 is 5.97 Å². The Hall–Kier alpha value is -1.07. The van der Waals surface area contributed by atoms with E-state index in [-0.39, 0.29) is 5.97 Å². The van der Waals surface area contributed by atoms with E-state index in [4.69, 9.17) is 4.74 Å². The van der Waals surface area contributed by atoms with Crippen molar-refractivity contribution >= 4 is 17.7 Å². The minimum Gasteiger partial charge on any atom is -0.465 e. The predicted molar refractivity (Wildman–Crippen MR) is 56.0 cm³/mol. The second-order valence-corrected chi connectivity index (χ2v) is 4.47. The van der Waals surface area contributed by atoms with Crippen LogP contribution in [0.25, 0.3) is 0 Å². The van der Waals surface area contributed by atoms with Gasteiger partial charge in [0.25, 0.3) is 0 Å². The molecular formula is C10H11NO3S. The van der Waals surface area contributed by atoms with Gasteiger partial charge < -0.3 is 9.47 Å². The van der Waals surface area contributed by atoms with Gasteiger partial charge in [0.05, 0.1) is 36.2 Å². The van der Waals surface area contributed by atoms with Crippen LogP contribution in [0, 0.1) is 0 Å². The third-order valence-corrected chi connectivity index (χ3v) is 3.12. The Morgan fingerprint density at radius 3 is 3.07 bits per heavy atom. The van der Waals surface area contributed by atoms with Gasteiger partial charge in [-0.3, -0.25) is 0 Å². The summed E-state index contributed by atoms with van der Waals surface area (Å²) in [6.07, 6.45) is 1.62. The van der Waals surface area contributed by atoms with Gasteiger partial charge in [-0.25, -0.2) is 9.78 Å². The highest BCUT2D eigenvalue weighted by Gasteiger charge is 2.20. The lowest BCUT2D eigenvalue weighted by atomic mass is 10.3. The molecule has 1 saturated heterocycles. The van der Waals surface area contributed by atoms with E-state index in [0.29, 0.717) is 10.8 Å². The number of ether oxygens (including phenoxy) is 2. The molecule has 1 fully saturated rings. The number of hydrogen-bond donors (Lipinski definition) is 0. The third-order valence-electron chi connectivity index (χ3n) is 2.05. The number of esters is 1. The molecule has 4 nitrogen and oxygen atoms in total. The molecule has 1 aromatic heterocycles. The molecule has 0 unspecified atom stereocenters. The summed E-state index contributed by atoms with van der Waals surface area (Å²) in [4.78, 5) is 15.4. The molecule has 0 bridgehead atoms. The number of thioether (sulfide) groups is 1. The molecule has 0 amide bonds. The SMILES string of the molecule is COC(=O)c1ccnc(SC2COC2)c1. The van der Waals surface area contributed by atoms with Crippen LogP contribution in [0.2, 0.25) is 0 Å². The molecule has 0 saturated carbocycles. The number of methoxy groups -OCH3 is 1. The van der Waals surface area contributed by atoms with Crippen molar-refractivity contribution in [3.63, 3.8) is 0 Å². The summed E-state index contributed by atoms with van der Waals surface area (Å²) in [7, 11) is 1.37. The molecule has 0 spiro atoms. The van der Waals surface area contributed by atoms with Gasteiger partial charge in [0.15, 0.2) is 0 Å². The van der Waals surface area contributed by atoms with Crippen LogP contribution in [-0.4, -0.2) is 36.5 Å². The van der Waals surface area contributed by atoms with E-state index in [9.17, 15) is 4.79 Å². The van der Waals surface area contributed by atoms with Gasteiger partial charge in [-0.1, -0.05) is 11.8 Å². The summed E-state index contributed by atoms with van der Waals surface area (Å²) in [5.74, 6) is -0.330. The lowest BCUT2D eigenvalue weighted by Gasteiger charge is -2.24. The van der Waals surface area contributed by atoms with Crippen LogP contribution < -0.4 is 0 Å². The van der Waals surface area contributed by atoms with Crippen LogP contribution in [0.5, 0.6) is 0 Å². The van der Waals surface area contributed by atoms with Gasteiger partial charge in [0.2, 0.25) is 0 Å². The average Bonchev–Trinajstić information content (AvgIpc) is 2.23. The Bertz CT molecular complexity index is 365. The average molecular weight is 225 g/mol. The van der Waals surface area contributed by atoms with Crippen molar-refractivity contribution < 1.29 is 14.3 Å². The number of hydrogen-bond acceptors (Lipinski definition) is 5. The summed E-state index contributed by atoms with van der Waals surface area (Å²) >= 11 is 1.63. The zero-order valence-corrected chi connectivity index (χ0v) is 9.12. The number of rotatable bonds is 3. The first-order chi connectivity index (χ1) is 7.29. The molecule has 5 heteroatoms. The number of nitrogens with zero attached hydrogens (tertiary/aromatic N) is 1. The highest BCUT2D eigenvalue weighted by atomic mass is 32.2. The van der Waals surface area contributed by atoms with Crippen LogP contribution >= 0.6 is 11.8 Å². The quantitative estimate of drug-likeness (QED) is 0.727. The van der Waals surface area contributed by atoms with Gasteiger partial charge in [0, 0.05) is 6.20 Å². The van der Waals surface area contributed by atoms with Crippen molar-refractivity contribution in [3.8, 4) is 0 Å². The van der Waals surface area contributed by atoms with Gasteiger partial charge in [-0.05, 0) is 12.1 Å². The molecule has 1 aliphatic rings. The van der Waals surface area contributed by atoms with Crippen LogP contribution in [0.1, 0.15) is 10.4 Å². The highest BCUT2D eigenvalue weighted by molar-refractivity contribution is 8.00. The molecule has 15 heavy (non-hydrogen) atoms. The van der Waals surface area contributed by atoms with Gasteiger partial charge in [-0.15, -0.1) is 0 Å². The zero-order chi connectivity index (χ0) is 10.7. The van der Waals surface area contributed by atoms with Crippen molar-refractivity contribution in [3.05, 3.63) is 23.9 Å². The Kier molecular flexibility index (Phi) is 3.23. The first-order valence-electron chi connectivity index (χ1n) is 4.58. The Morgan fingerprint density at radius 1 is 1.67 bits per heavy atom. The van der Waals surface area contributed by atoms with E-state index in [0.717, 1.165) is 18.2 Å². The Balaban J connectivity index is 2.07. The summed E-state index contributed by atoms with van der Waals surface area (Å²) in [6.45, 7) is 1.52. The maximum atomic E-state index is 11.3. The van der Waals surface area contributed by atoms with Crippen molar-refractivity contribution in [2.24, 2.45) is 0 Å². The normalized spacial score (nSPS) is 15.8. The minimum atomic E-state index is -0.330. The van der Waals surface area contributed by atoms with E-state index >= 15 is 0 Å². The lowest BCUT2D eigenvalue weighted by Crippen LogP contribution is -2.30. The standard InChI is InChI=1S/C10H11NO3S/c1-13-10(12)7-2-3-11-9(4-7)15-8-5-14-6-8/h2-4,8H,5-6H2,1H3. The molecule has 0 aliphatic carbocycles. The smallest absolute Gasteiger partial charge is 0.337 e. The fraction of sp³-hybridized carbons (Fsp3) is 0.400. The van der Waals surface area contributed by atoms with Crippen LogP contribution in [0.15, 0.2) is 23.4 Å². The molecule has 80 valence electrons. The number of aromatic nitrogens is 1. The van der Waals surface area contributed by atoms with Crippen molar-refractivity contribution in [2.45, 2.75) is 10.3 Å². The summed E-state index contributed by atoms with van der Waals surface area (Å²) in [6, 6.07) is 3.39. The topological polar surface area (TPSA) is 48.4 Å².